The van der Waals surface area contributed by atoms with E-state index in [1.165, 1.54) is 0 Å². The van der Waals surface area contributed by atoms with E-state index in [-0.39, 0.29) is 11.8 Å². The van der Waals surface area contributed by atoms with E-state index in [1.807, 2.05) is 0 Å². The van der Waals surface area contributed by atoms with Gasteiger partial charge in [0.05, 0.1) is 11.9 Å². The van der Waals surface area contributed by atoms with E-state index < -0.39 is 0 Å². The Balaban J connectivity index is 1.96. The Morgan fingerprint density at radius 3 is 2.73 bits per heavy atom. The fraction of sp³-hybridized carbons (Fsp3) is 0.455. The highest BCUT2D eigenvalue weighted by Gasteiger charge is 2.22. The quantitative estimate of drug-likeness (QED) is 0.785. The van der Waals surface area contributed by atoms with E-state index in [0.29, 0.717) is 5.15 Å². The van der Waals surface area contributed by atoms with Crippen molar-refractivity contribution in [2.75, 3.05) is 5.32 Å². The Morgan fingerprint density at radius 2 is 2.13 bits per heavy atom. The number of carbonyl (C=O) groups is 1. The predicted molar refractivity (Wildman–Crippen MR) is 59.8 cm³/mol. The van der Waals surface area contributed by atoms with Gasteiger partial charge in [-0.3, -0.25) is 4.79 Å². The van der Waals surface area contributed by atoms with Crippen molar-refractivity contribution < 1.29 is 4.79 Å². The van der Waals surface area contributed by atoms with E-state index in [1.54, 1.807) is 18.3 Å². The normalized spacial score (nSPS) is 16.6. The molecule has 3 nitrogen and oxygen atoms in total. The van der Waals surface area contributed by atoms with Crippen LogP contribution < -0.4 is 5.32 Å². The van der Waals surface area contributed by atoms with Gasteiger partial charge in [0.2, 0.25) is 5.91 Å². The van der Waals surface area contributed by atoms with Crippen molar-refractivity contribution in [3.8, 4) is 0 Å². The van der Waals surface area contributed by atoms with Crippen molar-refractivity contribution in [2.45, 2.75) is 25.7 Å². The zero-order valence-corrected chi connectivity index (χ0v) is 9.13. The molecule has 0 radical (unpaired) electrons. The summed E-state index contributed by atoms with van der Waals surface area (Å²) in [5.41, 5.74) is 0.719. The Bertz CT molecular complexity index is 344. The van der Waals surface area contributed by atoms with Crippen molar-refractivity contribution in [1.29, 1.82) is 0 Å². The van der Waals surface area contributed by atoms with Gasteiger partial charge in [0.1, 0.15) is 5.15 Å². The van der Waals surface area contributed by atoms with Gasteiger partial charge in [-0.05, 0) is 25.0 Å². The first-order valence-electron chi connectivity index (χ1n) is 5.18. The molecular formula is C11H13ClN2O. The van der Waals surface area contributed by atoms with E-state index >= 15 is 0 Å². The van der Waals surface area contributed by atoms with Crippen LogP contribution in [0.1, 0.15) is 25.7 Å². The first-order chi connectivity index (χ1) is 7.25. The van der Waals surface area contributed by atoms with Crippen LogP contribution in [0.15, 0.2) is 18.3 Å². The fourth-order valence-corrected chi connectivity index (χ4v) is 1.99. The molecule has 1 amide bonds. The third-order valence-corrected chi connectivity index (χ3v) is 2.94. The molecule has 1 heterocycles. The average Bonchev–Trinajstić information content (AvgIpc) is 2.74. The third-order valence-electron chi connectivity index (χ3n) is 2.72. The number of anilines is 1. The summed E-state index contributed by atoms with van der Waals surface area (Å²) in [6.07, 6.45) is 5.92. The Kier molecular flexibility index (Phi) is 3.21. The van der Waals surface area contributed by atoms with Gasteiger partial charge in [0.25, 0.3) is 0 Å². The predicted octanol–water partition coefficient (Wildman–Crippen LogP) is 2.86. The molecule has 1 aromatic heterocycles. The summed E-state index contributed by atoms with van der Waals surface area (Å²) in [5.74, 6) is 0.289. The molecule has 2 rings (SSSR count). The van der Waals surface area contributed by atoms with Crippen molar-refractivity contribution >= 4 is 23.2 Å². The fourth-order valence-electron chi connectivity index (χ4n) is 1.88. The standard InChI is InChI=1S/C11H13ClN2O/c12-10-6-5-9(7-13-10)14-11(15)8-3-1-2-4-8/h5-8H,1-4H2,(H,14,15). The monoisotopic (exact) mass is 224 g/mol. The molecule has 0 saturated heterocycles. The minimum Gasteiger partial charge on any atom is -0.324 e. The van der Waals surface area contributed by atoms with Gasteiger partial charge < -0.3 is 5.32 Å². The Morgan fingerprint density at radius 1 is 1.40 bits per heavy atom. The first-order valence-corrected chi connectivity index (χ1v) is 5.56. The second-order valence-electron chi connectivity index (χ2n) is 3.84. The van der Waals surface area contributed by atoms with Gasteiger partial charge in [-0.15, -0.1) is 0 Å². The minimum absolute atomic E-state index is 0.108. The number of pyridine rings is 1. The first kappa shape index (κ1) is 10.4. The molecule has 1 fully saturated rings. The summed E-state index contributed by atoms with van der Waals surface area (Å²) in [6, 6.07) is 3.44. The zero-order valence-electron chi connectivity index (χ0n) is 8.37. The molecule has 0 aliphatic heterocycles. The topological polar surface area (TPSA) is 42.0 Å². The lowest BCUT2D eigenvalue weighted by molar-refractivity contribution is -0.119. The number of carbonyl (C=O) groups excluding carboxylic acids is 1. The maximum Gasteiger partial charge on any atom is 0.227 e. The second kappa shape index (κ2) is 4.62. The zero-order chi connectivity index (χ0) is 10.7. The van der Waals surface area contributed by atoms with Crippen molar-refractivity contribution in [3.05, 3.63) is 23.5 Å². The summed E-state index contributed by atoms with van der Waals surface area (Å²) < 4.78 is 0. The van der Waals surface area contributed by atoms with Crippen molar-refractivity contribution in [3.63, 3.8) is 0 Å². The maximum atomic E-state index is 11.7. The summed E-state index contributed by atoms with van der Waals surface area (Å²) in [4.78, 5) is 15.6. The molecule has 1 aromatic rings. The number of nitrogens with zero attached hydrogens (tertiary/aromatic N) is 1. The molecule has 0 spiro atoms. The molecule has 0 aromatic carbocycles. The summed E-state index contributed by atoms with van der Waals surface area (Å²) in [6.45, 7) is 0. The lowest BCUT2D eigenvalue weighted by atomic mass is 10.1. The summed E-state index contributed by atoms with van der Waals surface area (Å²) >= 11 is 5.65. The van der Waals surface area contributed by atoms with Crippen molar-refractivity contribution in [1.82, 2.24) is 4.98 Å². The maximum absolute atomic E-state index is 11.7. The van der Waals surface area contributed by atoms with Gasteiger partial charge in [-0.25, -0.2) is 4.98 Å². The van der Waals surface area contributed by atoms with Crippen LogP contribution in [-0.2, 0) is 4.79 Å². The van der Waals surface area contributed by atoms with Crippen LogP contribution in [-0.4, -0.2) is 10.9 Å². The molecule has 1 saturated carbocycles. The Hall–Kier alpha value is -1.09. The number of nitrogens with one attached hydrogen (secondary N) is 1. The minimum atomic E-state index is 0.108. The second-order valence-corrected chi connectivity index (χ2v) is 4.23. The van der Waals surface area contributed by atoms with Crippen LogP contribution in [0.2, 0.25) is 5.15 Å². The van der Waals surface area contributed by atoms with Crippen LogP contribution in [0.4, 0.5) is 5.69 Å². The molecule has 1 N–H and O–H groups in total. The highest BCUT2D eigenvalue weighted by atomic mass is 35.5. The molecule has 1 aliphatic rings. The van der Waals surface area contributed by atoms with Crippen LogP contribution in [0.3, 0.4) is 0 Å². The molecule has 4 heteroatoms. The molecular weight excluding hydrogens is 212 g/mol. The molecule has 1 aliphatic carbocycles. The summed E-state index contributed by atoms with van der Waals surface area (Å²) in [5, 5.41) is 3.29. The van der Waals surface area contributed by atoms with Gasteiger partial charge in [0, 0.05) is 5.92 Å². The van der Waals surface area contributed by atoms with Crippen LogP contribution in [0.25, 0.3) is 0 Å². The SMILES string of the molecule is O=C(Nc1ccc(Cl)nc1)C1CCCC1. The highest BCUT2D eigenvalue weighted by molar-refractivity contribution is 6.29. The van der Waals surface area contributed by atoms with Crippen LogP contribution >= 0.6 is 11.6 Å². The van der Waals surface area contributed by atoms with Gasteiger partial charge in [-0.2, -0.15) is 0 Å². The number of aromatic nitrogens is 1. The lowest BCUT2D eigenvalue weighted by Crippen LogP contribution is -2.20. The number of amides is 1. The number of hydrogen-bond donors (Lipinski definition) is 1. The van der Waals surface area contributed by atoms with Crippen LogP contribution in [0, 0.1) is 5.92 Å². The number of hydrogen-bond acceptors (Lipinski definition) is 2. The number of rotatable bonds is 2. The van der Waals surface area contributed by atoms with Gasteiger partial charge in [-0.1, -0.05) is 24.4 Å². The Labute approximate surface area is 93.8 Å². The highest BCUT2D eigenvalue weighted by Crippen LogP contribution is 2.25. The van der Waals surface area contributed by atoms with E-state index in [0.717, 1.165) is 31.4 Å². The van der Waals surface area contributed by atoms with Gasteiger partial charge in [0.15, 0.2) is 0 Å². The lowest BCUT2D eigenvalue weighted by Gasteiger charge is -2.09. The van der Waals surface area contributed by atoms with Crippen LogP contribution in [0.5, 0.6) is 0 Å². The van der Waals surface area contributed by atoms with E-state index in [2.05, 4.69) is 10.3 Å². The third kappa shape index (κ3) is 2.69. The van der Waals surface area contributed by atoms with E-state index in [9.17, 15) is 4.79 Å². The molecule has 80 valence electrons. The molecule has 15 heavy (non-hydrogen) atoms. The largest absolute Gasteiger partial charge is 0.324 e. The van der Waals surface area contributed by atoms with Crippen molar-refractivity contribution in [2.24, 2.45) is 5.92 Å². The average molecular weight is 225 g/mol. The molecule has 0 unspecified atom stereocenters. The molecule has 0 bridgehead atoms. The smallest absolute Gasteiger partial charge is 0.227 e. The number of halogens is 1. The molecule has 0 atom stereocenters. The van der Waals surface area contributed by atoms with E-state index in [4.69, 9.17) is 11.6 Å². The summed E-state index contributed by atoms with van der Waals surface area (Å²) in [7, 11) is 0. The van der Waals surface area contributed by atoms with Gasteiger partial charge >= 0.3 is 0 Å².